The number of hydrogen-bond donors (Lipinski definition) is 0. The third-order valence-electron chi connectivity index (χ3n) is 2.77. The van der Waals surface area contributed by atoms with Gasteiger partial charge in [-0.3, -0.25) is 4.79 Å². The Balaban J connectivity index is 2.51. The van der Waals surface area contributed by atoms with Crippen molar-refractivity contribution in [3.05, 3.63) is 29.3 Å². The van der Waals surface area contributed by atoms with Gasteiger partial charge in [0, 0.05) is 24.4 Å². The van der Waals surface area contributed by atoms with Gasteiger partial charge in [0.1, 0.15) is 15.6 Å². The minimum atomic E-state index is -3.12. The molecule has 1 unspecified atom stereocenters. The summed E-state index contributed by atoms with van der Waals surface area (Å²) in [5, 5.41) is 0.586. The van der Waals surface area contributed by atoms with Gasteiger partial charge in [0.05, 0.1) is 5.75 Å². The summed E-state index contributed by atoms with van der Waals surface area (Å²) in [6.45, 7) is 1.54. The topological polar surface area (TPSA) is 63.7 Å². The van der Waals surface area contributed by atoms with Crippen LogP contribution in [0.25, 0.3) is 0 Å². The van der Waals surface area contributed by atoms with E-state index in [2.05, 4.69) is 0 Å². The van der Waals surface area contributed by atoms with Crippen molar-refractivity contribution in [3.8, 4) is 5.75 Å². The number of amides is 1. The maximum Gasteiger partial charge on any atom is 0.260 e. The molecule has 1 amide bonds. The van der Waals surface area contributed by atoms with E-state index in [4.69, 9.17) is 16.3 Å². The van der Waals surface area contributed by atoms with Gasteiger partial charge in [-0.15, -0.1) is 0 Å². The molecule has 1 aromatic rings. The quantitative estimate of drug-likeness (QED) is 0.799. The van der Waals surface area contributed by atoms with Crippen LogP contribution in [0.4, 0.5) is 0 Å². The molecule has 5 nitrogen and oxygen atoms in total. The van der Waals surface area contributed by atoms with Crippen molar-refractivity contribution in [1.29, 1.82) is 0 Å². The molecule has 7 heteroatoms. The monoisotopic (exact) mass is 319 g/mol. The molecule has 0 bridgehead atoms. The molecule has 1 atom stereocenters. The van der Waals surface area contributed by atoms with Crippen LogP contribution < -0.4 is 4.74 Å². The SMILES string of the molecule is CC(CS(C)(=O)=O)N(C)C(=O)COc1ccc(Cl)cc1. The predicted molar refractivity (Wildman–Crippen MR) is 78.9 cm³/mol. The Labute approximate surface area is 124 Å². The van der Waals surface area contributed by atoms with Gasteiger partial charge in [-0.25, -0.2) is 8.42 Å². The molecule has 112 valence electrons. The number of halogens is 1. The van der Waals surface area contributed by atoms with Crippen molar-refractivity contribution in [3.63, 3.8) is 0 Å². The first-order valence-corrected chi connectivity index (χ1v) is 8.44. The zero-order valence-electron chi connectivity index (χ0n) is 11.7. The molecule has 0 aliphatic carbocycles. The number of hydrogen-bond acceptors (Lipinski definition) is 4. The first-order valence-electron chi connectivity index (χ1n) is 6.01. The van der Waals surface area contributed by atoms with E-state index in [0.717, 1.165) is 6.26 Å². The third-order valence-corrected chi connectivity index (χ3v) is 4.11. The molecule has 0 saturated heterocycles. The maximum absolute atomic E-state index is 11.9. The average molecular weight is 320 g/mol. The smallest absolute Gasteiger partial charge is 0.260 e. The van der Waals surface area contributed by atoms with Crippen molar-refractivity contribution >= 4 is 27.3 Å². The molecule has 0 saturated carbocycles. The van der Waals surface area contributed by atoms with Crippen LogP contribution in [-0.4, -0.2) is 50.9 Å². The van der Waals surface area contributed by atoms with Crippen LogP contribution in [0.3, 0.4) is 0 Å². The molecule has 0 spiro atoms. The second kappa shape index (κ2) is 6.95. The van der Waals surface area contributed by atoms with E-state index in [1.807, 2.05) is 0 Å². The zero-order chi connectivity index (χ0) is 15.3. The predicted octanol–water partition coefficient (Wildman–Crippen LogP) is 1.61. The van der Waals surface area contributed by atoms with Crippen LogP contribution in [0.5, 0.6) is 5.75 Å². The molecule has 0 heterocycles. The Morgan fingerprint density at radius 1 is 1.35 bits per heavy atom. The van der Waals surface area contributed by atoms with Crippen LogP contribution in [0, 0.1) is 0 Å². The molecule has 1 aromatic carbocycles. The van der Waals surface area contributed by atoms with Crippen molar-refractivity contribution in [1.82, 2.24) is 4.90 Å². The van der Waals surface area contributed by atoms with Crippen LogP contribution >= 0.6 is 11.6 Å². The van der Waals surface area contributed by atoms with E-state index in [-0.39, 0.29) is 18.3 Å². The minimum Gasteiger partial charge on any atom is -0.484 e. The highest BCUT2D eigenvalue weighted by Gasteiger charge is 2.20. The Morgan fingerprint density at radius 3 is 2.40 bits per heavy atom. The van der Waals surface area contributed by atoms with Gasteiger partial charge in [-0.1, -0.05) is 11.6 Å². The number of sulfone groups is 1. The van der Waals surface area contributed by atoms with Crippen LogP contribution in [-0.2, 0) is 14.6 Å². The summed E-state index contributed by atoms with van der Waals surface area (Å²) in [5.41, 5.74) is 0. The van der Waals surface area contributed by atoms with Crippen LogP contribution in [0.1, 0.15) is 6.92 Å². The van der Waals surface area contributed by atoms with Crippen molar-refractivity contribution in [2.45, 2.75) is 13.0 Å². The van der Waals surface area contributed by atoms with Gasteiger partial charge >= 0.3 is 0 Å². The highest BCUT2D eigenvalue weighted by Crippen LogP contribution is 2.15. The Kier molecular flexibility index (Phi) is 5.83. The van der Waals surface area contributed by atoms with Crippen molar-refractivity contribution < 1.29 is 17.9 Å². The number of benzene rings is 1. The molecule has 1 rings (SSSR count). The summed E-state index contributed by atoms with van der Waals surface area (Å²) < 4.78 is 27.7. The summed E-state index contributed by atoms with van der Waals surface area (Å²) in [6, 6.07) is 6.26. The van der Waals surface area contributed by atoms with Crippen LogP contribution in [0.15, 0.2) is 24.3 Å². The van der Waals surface area contributed by atoms with Gasteiger partial charge < -0.3 is 9.64 Å². The van der Waals surface area contributed by atoms with Crippen molar-refractivity contribution in [2.24, 2.45) is 0 Å². The third kappa shape index (κ3) is 5.79. The fraction of sp³-hybridized carbons (Fsp3) is 0.462. The number of rotatable bonds is 6. The van der Waals surface area contributed by atoms with Crippen molar-refractivity contribution in [2.75, 3.05) is 25.7 Å². The van der Waals surface area contributed by atoms with E-state index < -0.39 is 15.9 Å². The Bertz CT molecular complexity index is 556. The maximum atomic E-state index is 11.9. The second-order valence-electron chi connectivity index (χ2n) is 4.69. The molecular formula is C13H18ClNO4S. The largest absolute Gasteiger partial charge is 0.484 e. The van der Waals surface area contributed by atoms with E-state index in [1.54, 1.807) is 38.2 Å². The first-order chi connectivity index (χ1) is 9.19. The summed E-state index contributed by atoms with van der Waals surface area (Å²) >= 11 is 5.74. The zero-order valence-corrected chi connectivity index (χ0v) is 13.2. The lowest BCUT2D eigenvalue weighted by molar-refractivity contribution is -0.133. The minimum absolute atomic E-state index is 0.0732. The summed E-state index contributed by atoms with van der Waals surface area (Å²) in [6.07, 6.45) is 1.14. The van der Waals surface area contributed by atoms with E-state index in [1.165, 1.54) is 4.90 Å². The van der Waals surface area contributed by atoms with E-state index in [9.17, 15) is 13.2 Å². The van der Waals surface area contributed by atoms with Crippen LogP contribution in [0.2, 0.25) is 5.02 Å². The number of ether oxygens (including phenoxy) is 1. The summed E-state index contributed by atoms with van der Waals surface area (Å²) in [7, 11) is -1.56. The van der Waals surface area contributed by atoms with Gasteiger partial charge in [0.2, 0.25) is 0 Å². The first kappa shape index (κ1) is 16.8. The molecule has 20 heavy (non-hydrogen) atoms. The number of likely N-dealkylation sites (N-methyl/N-ethyl adjacent to an activating group) is 1. The lowest BCUT2D eigenvalue weighted by atomic mass is 10.3. The average Bonchev–Trinajstić information content (AvgIpc) is 2.34. The Morgan fingerprint density at radius 2 is 1.90 bits per heavy atom. The molecule has 0 fully saturated rings. The number of nitrogens with zero attached hydrogens (tertiary/aromatic N) is 1. The highest BCUT2D eigenvalue weighted by molar-refractivity contribution is 7.90. The summed E-state index contributed by atoms with van der Waals surface area (Å²) in [5.74, 6) is 0.180. The van der Waals surface area contributed by atoms with Gasteiger partial charge in [-0.2, -0.15) is 0 Å². The molecule has 0 aliphatic rings. The van der Waals surface area contributed by atoms with Gasteiger partial charge in [-0.05, 0) is 31.2 Å². The fourth-order valence-corrected chi connectivity index (χ4v) is 2.80. The van der Waals surface area contributed by atoms with E-state index >= 15 is 0 Å². The lowest BCUT2D eigenvalue weighted by Crippen LogP contribution is -2.41. The molecule has 0 radical (unpaired) electrons. The Hall–Kier alpha value is -1.27. The fourth-order valence-electron chi connectivity index (χ4n) is 1.57. The molecular weight excluding hydrogens is 302 g/mol. The standard InChI is InChI=1S/C13H18ClNO4S/c1-10(9-20(3,17)18)15(2)13(16)8-19-12-6-4-11(14)5-7-12/h4-7,10H,8-9H2,1-3H3. The van der Waals surface area contributed by atoms with Gasteiger partial charge in [0.25, 0.3) is 5.91 Å². The lowest BCUT2D eigenvalue weighted by Gasteiger charge is -2.24. The second-order valence-corrected chi connectivity index (χ2v) is 7.31. The molecule has 0 aromatic heterocycles. The van der Waals surface area contributed by atoms with E-state index in [0.29, 0.717) is 10.8 Å². The highest BCUT2D eigenvalue weighted by atomic mass is 35.5. The normalized spacial score (nSPS) is 12.8. The molecule has 0 aliphatic heterocycles. The number of carbonyl (C=O) groups is 1. The van der Waals surface area contributed by atoms with Gasteiger partial charge in [0.15, 0.2) is 6.61 Å². The summed E-state index contributed by atoms with van der Waals surface area (Å²) in [4.78, 5) is 13.3. The number of carbonyl (C=O) groups excluding carboxylic acids is 1. The molecule has 0 N–H and O–H groups in total.